The second kappa shape index (κ2) is 10.0. The lowest BCUT2D eigenvalue weighted by Crippen LogP contribution is -2.49. The van der Waals surface area contributed by atoms with E-state index in [0.717, 1.165) is 50.4 Å². The zero-order valence-corrected chi connectivity index (χ0v) is 18.8. The molecule has 164 valence electrons. The van der Waals surface area contributed by atoms with Gasteiger partial charge in [0.25, 0.3) is 5.91 Å². The van der Waals surface area contributed by atoms with E-state index in [1.54, 1.807) is 17.5 Å². The van der Waals surface area contributed by atoms with Crippen molar-refractivity contribution < 1.29 is 9.32 Å². The van der Waals surface area contributed by atoms with Crippen LogP contribution >= 0.6 is 11.3 Å². The molecule has 8 nitrogen and oxygen atoms in total. The van der Waals surface area contributed by atoms with Crippen LogP contribution in [-0.2, 0) is 6.42 Å². The Morgan fingerprint density at radius 1 is 1.23 bits per heavy atom. The molecule has 1 amide bonds. The van der Waals surface area contributed by atoms with Gasteiger partial charge in [-0.05, 0) is 50.4 Å². The van der Waals surface area contributed by atoms with E-state index < -0.39 is 0 Å². The topological polar surface area (TPSA) is 87.4 Å². The minimum absolute atomic E-state index is 0.0443. The maximum atomic E-state index is 13.0. The van der Waals surface area contributed by atoms with Gasteiger partial charge in [-0.2, -0.15) is 4.98 Å². The molecule has 0 bridgehead atoms. The fourth-order valence-electron chi connectivity index (χ4n) is 3.63. The Labute approximate surface area is 186 Å². The van der Waals surface area contributed by atoms with Crippen LogP contribution in [0.3, 0.4) is 0 Å². The van der Waals surface area contributed by atoms with E-state index >= 15 is 0 Å². The number of pyridine rings is 1. The zero-order chi connectivity index (χ0) is 21.6. The molecule has 1 saturated heterocycles. The van der Waals surface area contributed by atoms with Crippen molar-refractivity contribution in [1.82, 2.24) is 24.9 Å². The number of aryl methyl sites for hydroxylation is 1. The monoisotopic (exact) mass is 440 g/mol. The van der Waals surface area contributed by atoms with Crippen LogP contribution in [0.25, 0.3) is 10.7 Å². The number of aromatic nitrogens is 3. The molecule has 0 aromatic carbocycles. The molecule has 3 aromatic rings. The maximum Gasteiger partial charge on any atom is 0.257 e. The predicted molar refractivity (Wildman–Crippen MR) is 121 cm³/mol. The van der Waals surface area contributed by atoms with Gasteiger partial charge in [0.15, 0.2) is 0 Å². The van der Waals surface area contributed by atoms with Crippen molar-refractivity contribution in [2.45, 2.75) is 32.7 Å². The molecule has 4 rings (SSSR count). The summed E-state index contributed by atoms with van der Waals surface area (Å²) >= 11 is 1.61. The second-order valence-electron chi connectivity index (χ2n) is 7.93. The molecule has 1 N–H and O–H groups in total. The zero-order valence-electron chi connectivity index (χ0n) is 18.0. The molecule has 0 atom stereocenters. The van der Waals surface area contributed by atoms with E-state index in [1.807, 2.05) is 48.4 Å². The predicted octanol–water partition coefficient (Wildman–Crippen LogP) is 3.40. The van der Waals surface area contributed by atoms with Gasteiger partial charge in [-0.25, -0.2) is 4.98 Å². The highest BCUT2D eigenvalue weighted by Crippen LogP contribution is 2.21. The van der Waals surface area contributed by atoms with Crippen LogP contribution in [0.1, 0.15) is 36.5 Å². The number of hydrogen-bond acceptors (Lipinski definition) is 8. The normalized spacial score (nSPS) is 14.9. The summed E-state index contributed by atoms with van der Waals surface area (Å²) in [5.74, 6) is 2.05. The van der Waals surface area contributed by atoms with Crippen LogP contribution in [0.4, 0.5) is 5.82 Å². The van der Waals surface area contributed by atoms with Crippen molar-refractivity contribution in [3.63, 3.8) is 0 Å². The highest BCUT2D eigenvalue weighted by atomic mass is 32.1. The van der Waals surface area contributed by atoms with Crippen molar-refractivity contribution in [1.29, 1.82) is 0 Å². The van der Waals surface area contributed by atoms with E-state index in [-0.39, 0.29) is 11.9 Å². The largest absolute Gasteiger partial charge is 0.367 e. The summed E-state index contributed by atoms with van der Waals surface area (Å²) in [6.07, 6.45) is 3.43. The number of rotatable bonds is 8. The van der Waals surface area contributed by atoms with Gasteiger partial charge >= 0.3 is 0 Å². The van der Waals surface area contributed by atoms with Crippen molar-refractivity contribution in [3.8, 4) is 10.7 Å². The summed E-state index contributed by atoms with van der Waals surface area (Å²) in [6, 6.07) is 7.86. The van der Waals surface area contributed by atoms with Gasteiger partial charge in [0.05, 0.1) is 10.4 Å². The molecule has 9 heteroatoms. The Balaban J connectivity index is 1.23. The molecule has 1 aliphatic heterocycles. The molecule has 1 aliphatic rings. The van der Waals surface area contributed by atoms with E-state index in [1.165, 1.54) is 0 Å². The smallest absolute Gasteiger partial charge is 0.257 e. The lowest BCUT2D eigenvalue weighted by atomic mass is 10.2. The summed E-state index contributed by atoms with van der Waals surface area (Å²) in [7, 11) is 0. The summed E-state index contributed by atoms with van der Waals surface area (Å²) in [5, 5.41) is 9.34. The second-order valence-corrected chi connectivity index (χ2v) is 8.87. The number of thiophene rings is 1. The van der Waals surface area contributed by atoms with Gasteiger partial charge in [-0.3, -0.25) is 9.69 Å². The number of anilines is 1. The molecular weight excluding hydrogens is 412 g/mol. The fourth-order valence-corrected chi connectivity index (χ4v) is 4.28. The first kappa shape index (κ1) is 21.5. The quantitative estimate of drug-likeness (QED) is 0.574. The lowest BCUT2D eigenvalue weighted by Gasteiger charge is -2.35. The standard InChI is InChI=1S/C22H28N6O2S/c1-16(2)24-20-17(6-3-9-23-20)22(29)28-13-11-27(12-14-28)10-4-8-19-25-21(26-30-19)18-7-5-15-31-18/h3,5-7,9,15-16H,4,8,10-14H2,1-2H3,(H,23,24). The van der Waals surface area contributed by atoms with Crippen LogP contribution in [0, 0.1) is 0 Å². The maximum absolute atomic E-state index is 13.0. The van der Waals surface area contributed by atoms with E-state index in [4.69, 9.17) is 4.52 Å². The summed E-state index contributed by atoms with van der Waals surface area (Å²) in [4.78, 5) is 27.2. The first-order valence-electron chi connectivity index (χ1n) is 10.7. The minimum atomic E-state index is 0.0443. The van der Waals surface area contributed by atoms with Crippen LogP contribution in [-0.4, -0.2) is 69.6 Å². The highest BCUT2D eigenvalue weighted by molar-refractivity contribution is 7.13. The molecule has 0 unspecified atom stereocenters. The van der Waals surface area contributed by atoms with Gasteiger partial charge in [0.1, 0.15) is 5.82 Å². The minimum Gasteiger partial charge on any atom is -0.367 e. The highest BCUT2D eigenvalue weighted by Gasteiger charge is 2.24. The third kappa shape index (κ3) is 5.48. The molecular formula is C22H28N6O2S. The van der Waals surface area contributed by atoms with Gasteiger partial charge in [0, 0.05) is 44.8 Å². The summed E-state index contributed by atoms with van der Waals surface area (Å²) in [6.45, 7) is 8.20. The van der Waals surface area contributed by atoms with E-state index in [2.05, 4.69) is 25.3 Å². The van der Waals surface area contributed by atoms with Crippen molar-refractivity contribution >= 4 is 23.1 Å². The molecule has 0 saturated carbocycles. The molecule has 1 fully saturated rings. The first-order valence-corrected chi connectivity index (χ1v) is 11.6. The molecule has 3 aromatic heterocycles. The van der Waals surface area contributed by atoms with Crippen molar-refractivity contribution in [3.05, 3.63) is 47.3 Å². The van der Waals surface area contributed by atoms with Crippen LogP contribution in [0.5, 0.6) is 0 Å². The van der Waals surface area contributed by atoms with Crippen LogP contribution in [0.2, 0.25) is 0 Å². The number of piperazine rings is 1. The van der Waals surface area contributed by atoms with Gasteiger partial charge in [-0.1, -0.05) is 11.2 Å². The van der Waals surface area contributed by atoms with Crippen LogP contribution in [0.15, 0.2) is 40.4 Å². The Hall–Kier alpha value is -2.78. The van der Waals surface area contributed by atoms with E-state index in [0.29, 0.717) is 23.1 Å². The lowest BCUT2D eigenvalue weighted by molar-refractivity contribution is 0.0636. The SMILES string of the molecule is CC(C)Nc1ncccc1C(=O)N1CCN(CCCc2nc(-c3cccs3)no2)CC1. The number of hydrogen-bond donors (Lipinski definition) is 1. The Kier molecular flexibility index (Phi) is 6.93. The molecule has 31 heavy (non-hydrogen) atoms. The molecule has 0 spiro atoms. The van der Waals surface area contributed by atoms with Gasteiger partial charge in [-0.15, -0.1) is 11.3 Å². The molecule has 4 heterocycles. The Morgan fingerprint density at radius 3 is 2.81 bits per heavy atom. The third-order valence-corrected chi connectivity index (χ3v) is 6.06. The number of nitrogens with zero attached hydrogens (tertiary/aromatic N) is 5. The fraction of sp³-hybridized carbons (Fsp3) is 0.455. The number of amides is 1. The Morgan fingerprint density at radius 2 is 2.06 bits per heavy atom. The number of carbonyl (C=O) groups is 1. The average molecular weight is 441 g/mol. The van der Waals surface area contributed by atoms with E-state index in [9.17, 15) is 4.79 Å². The van der Waals surface area contributed by atoms with Crippen LogP contribution < -0.4 is 5.32 Å². The third-order valence-electron chi connectivity index (χ3n) is 5.20. The molecule has 0 aliphatic carbocycles. The van der Waals surface area contributed by atoms with Crippen molar-refractivity contribution in [2.24, 2.45) is 0 Å². The number of nitrogens with one attached hydrogen (secondary N) is 1. The Bertz CT molecular complexity index is 980. The molecule has 0 radical (unpaired) electrons. The summed E-state index contributed by atoms with van der Waals surface area (Å²) < 4.78 is 5.38. The average Bonchev–Trinajstić information content (AvgIpc) is 3.46. The summed E-state index contributed by atoms with van der Waals surface area (Å²) in [5.41, 5.74) is 0.641. The van der Waals surface area contributed by atoms with Gasteiger partial charge in [0.2, 0.25) is 11.7 Å². The number of carbonyl (C=O) groups excluding carboxylic acids is 1. The van der Waals surface area contributed by atoms with Gasteiger partial charge < -0.3 is 14.7 Å². The first-order chi connectivity index (χ1) is 15.1. The van der Waals surface area contributed by atoms with Crippen molar-refractivity contribution in [2.75, 3.05) is 38.0 Å².